The third kappa shape index (κ3) is 4.52. The highest BCUT2D eigenvalue weighted by molar-refractivity contribution is 6.77. The number of hydrogen-bond acceptors (Lipinski definition) is 4. The molecule has 4 nitrogen and oxygen atoms in total. The lowest BCUT2D eigenvalue weighted by Gasteiger charge is -2.42. The fraction of sp³-hybridized carbons (Fsp3) is 0.727. The first kappa shape index (κ1) is 22.2. The molecule has 0 amide bonds. The molecule has 0 radical (unpaired) electrons. The lowest BCUT2D eigenvalue weighted by molar-refractivity contribution is 0.251. The van der Waals surface area contributed by atoms with Gasteiger partial charge in [0.2, 0.25) is 0 Å². The van der Waals surface area contributed by atoms with Crippen LogP contribution in [0.15, 0.2) is 12.1 Å². The average molecular weight is 394 g/mol. The van der Waals surface area contributed by atoms with E-state index in [0.717, 1.165) is 37.5 Å². The van der Waals surface area contributed by atoms with E-state index in [4.69, 9.17) is 13.9 Å². The maximum absolute atomic E-state index is 6.78. The zero-order valence-corrected chi connectivity index (χ0v) is 19.5. The van der Waals surface area contributed by atoms with Gasteiger partial charge in [0, 0.05) is 12.6 Å². The summed E-state index contributed by atoms with van der Waals surface area (Å²) in [4.78, 5) is 0. The van der Waals surface area contributed by atoms with Crippen molar-refractivity contribution in [2.45, 2.75) is 77.0 Å². The molecule has 1 atom stereocenters. The van der Waals surface area contributed by atoms with E-state index in [1.165, 1.54) is 11.1 Å². The summed E-state index contributed by atoms with van der Waals surface area (Å²) in [5.41, 5.74) is 4.54. The molecule has 2 rings (SSSR count). The van der Waals surface area contributed by atoms with Gasteiger partial charge >= 0.3 is 0 Å². The zero-order valence-electron chi connectivity index (χ0n) is 18.5. The molecule has 0 spiro atoms. The zero-order chi connectivity index (χ0) is 20.2. The fourth-order valence-corrected chi connectivity index (χ4v) is 10.6. The molecule has 1 N–H and O–H groups in total. The van der Waals surface area contributed by atoms with Gasteiger partial charge in [0.1, 0.15) is 0 Å². The summed E-state index contributed by atoms with van der Waals surface area (Å²) in [6.45, 7) is 15.9. The molecule has 0 saturated carbocycles. The number of nitrogens with one attached hydrogen (secondary N) is 1. The molecular formula is C22H39NO3Si. The SMILES string of the molecule is COc1cc2c(cc1OC)[C@@H](CCO[Si](C(C)C)(C(C)C)C(C)C)NCC2. The van der Waals surface area contributed by atoms with E-state index in [-0.39, 0.29) is 0 Å². The highest BCUT2D eigenvalue weighted by Gasteiger charge is 2.45. The Kier molecular flexibility index (Phi) is 7.78. The Balaban J connectivity index is 2.16. The predicted octanol–water partition coefficient (Wildman–Crippen LogP) is 5.47. The van der Waals surface area contributed by atoms with E-state index in [0.29, 0.717) is 22.7 Å². The molecule has 0 saturated heterocycles. The van der Waals surface area contributed by atoms with Gasteiger partial charge in [-0.15, -0.1) is 0 Å². The standard InChI is InChI=1S/C22H39NO3Si/c1-15(2)27(16(3)4,17(5)6)26-12-10-20-19-14-22(25-8)21(24-7)13-18(19)9-11-23-20/h13-17,20,23H,9-12H2,1-8H3/t20-/m1/s1. The van der Waals surface area contributed by atoms with Crippen molar-refractivity contribution < 1.29 is 13.9 Å². The molecule has 1 aliphatic heterocycles. The number of hydrogen-bond donors (Lipinski definition) is 1. The molecule has 1 aromatic rings. The van der Waals surface area contributed by atoms with E-state index in [1.807, 2.05) is 0 Å². The van der Waals surface area contributed by atoms with Gasteiger partial charge in [0.25, 0.3) is 0 Å². The van der Waals surface area contributed by atoms with Crippen LogP contribution in [-0.2, 0) is 10.8 Å². The molecule has 1 aromatic carbocycles. The molecule has 154 valence electrons. The van der Waals surface area contributed by atoms with Crippen LogP contribution in [0.25, 0.3) is 0 Å². The van der Waals surface area contributed by atoms with Crippen LogP contribution in [0.1, 0.15) is 65.1 Å². The van der Waals surface area contributed by atoms with E-state index in [9.17, 15) is 0 Å². The summed E-state index contributed by atoms with van der Waals surface area (Å²) in [6.07, 6.45) is 2.01. The Labute approximate surface area is 167 Å². The van der Waals surface area contributed by atoms with Crippen molar-refractivity contribution in [2.24, 2.45) is 0 Å². The van der Waals surface area contributed by atoms with Crippen molar-refractivity contribution >= 4 is 8.32 Å². The van der Waals surface area contributed by atoms with Crippen LogP contribution in [0.4, 0.5) is 0 Å². The summed E-state index contributed by atoms with van der Waals surface area (Å²) in [5.74, 6) is 1.63. The molecule has 0 fully saturated rings. The molecule has 0 aromatic heterocycles. The van der Waals surface area contributed by atoms with Crippen molar-refractivity contribution in [1.82, 2.24) is 5.32 Å². The van der Waals surface area contributed by atoms with E-state index in [1.54, 1.807) is 14.2 Å². The molecule has 0 unspecified atom stereocenters. The lowest BCUT2D eigenvalue weighted by Crippen LogP contribution is -2.48. The van der Waals surface area contributed by atoms with Crippen LogP contribution >= 0.6 is 0 Å². The molecular weight excluding hydrogens is 354 g/mol. The first-order valence-electron chi connectivity index (χ1n) is 10.4. The number of fused-ring (bicyclic) bond motifs is 1. The van der Waals surface area contributed by atoms with Crippen LogP contribution in [0.3, 0.4) is 0 Å². The maximum atomic E-state index is 6.78. The first-order chi connectivity index (χ1) is 12.8. The number of ether oxygens (including phenoxy) is 2. The minimum absolute atomic E-state index is 0.312. The summed E-state index contributed by atoms with van der Waals surface area (Å²) in [6, 6.07) is 4.59. The normalized spacial score (nSPS) is 17.5. The molecule has 0 bridgehead atoms. The van der Waals surface area contributed by atoms with Gasteiger partial charge in [0.15, 0.2) is 19.8 Å². The van der Waals surface area contributed by atoms with Gasteiger partial charge in [-0.1, -0.05) is 41.5 Å². The highest BCUT2D eigenvalue weighted by atomic mass is 28.4. The van der Waals surface area contributed by atoms with E-state index < -0.39 is 8.32 Å². The third-order valence-electron chi connectivity index (χ3n) is 6.27. The Hall–Kier alpha value is -1.04. The van der Waals surface area contributed by atoms with Gasteiger partial charge in [0.05, 0.1) is 14.2 Å². The van der Waals surface area contributed by atoms with Crippen molar-refractivity contribution in [3.05, 3.63) is 23.3 Å². The minimum atomic E-state index is -1.81. The van der Waals surface area contributed by atoms with Crippen molar-refractivity contribution in [3.8, 4) is 11.5 Å². The van der Waals surface area contributed by atoms with Crippen LogP contribution in [0.5, 0.6) is 11.5 Å². The third-order valence-corrected chi connectivity index (χ3v) is 12.4. The second-order valence-corrected chi connectivity index (χ2v) is 14.1. The lowest BCUT2D eigenvalue weighted by atomic mass is 9.92. The molecule has 1 heterocycles. The predicted molar refractivity (Wildman–Crippen MR) is 116 cm³/mol. The van der Waals surface area contributed by atoms with Crippen molar-refractivity contribution in [3.63, 3.8) is 0 Å². The van der Waals surface area contributed by atoms with Crippen LogP contribution in [-0.4, -0.2) is 35.7 Å². The second kappa shape index (κ2) is 9.44. The number of methoxy groups -OCH3 is 2. The van der Waals surface area contributed by atoms with Crippen LogP contribution < -0.4 is 14.8 Å². The molecule has 27 heavy (non-hydrogen) atoms. The molecule has 5 heteroatoms. The van der Waals surface area contributed by atoms with Gasteiger partial charge in [-0.05, 0) is 59.3 Å². The summed E-state index contributed by atoms with van der Waals surface area (Å²) in [5, 5.41) is 3.68. The van der Waals surface area contributed by atoms with Gasteiger partial charge in [-0.3, -0.25) is 0 Å². The quantitative estimate of drug-likeness (QED) is 0.565. The van der Waals surface area contributed by atoms with Crippen molar-refractivity contribution in [1.29, 1.82) is 0 Å². The number of rotatable bonds is 9. The van der Waals surface area contributed by atoms with Crippen molar-refractivity contribution in [2.75, 3.05) is 27.4 Å². The summed E-state index contributed by atoms with van der Waals surface area (Å²) < 4.78 is 17.8. The second-order valence-electron chi connectivity index (χ2n) is 8.62. The molecule has 1 aliphatic rings. The largest absolute Gasteiger partial charge is 0.493 e. The Morgan fingerprint density at radius 1 is 0.963 bits per heavy atom. The Morgan fingerprint density at radius 3 is 2.04 bits per heavy atom. The summed E-state index contributed by atoms with van der Waals surface area (Å²) in [7, 11) is 1.59. The average Bonchev–Trinajstić information content (AvgIpc) is 2.63. The van der Waals surface area contributed by atoms with Gasteiger partial charge in [-0.25, -0.2) is 0 Å². The fourth-order valence-electron chi connectivity index (χ4n) is 5.08. The number of benzene rings is 1. The van der Waals surface area contributed by atoms with E-state index >= 15 is 0 Å². The maximum Gasteiger partial charge on any atom is 0.200 e. The van der Waals surface area contributed by atoms with Crippen LogP contribution in [0, 0.1) is 0 Å². The Bertz CT molecular complexity index is 594. The Morgan fingerprint density at radius 2 is 1.52 bits per heavy atom. The van der Waals surface area contributed by atoms with E-state index in [2.05, 4.69) is 59.0 Å². The minimum Gasteiger partial charge on any atom is -0.493 e. The summed E-state index contributed by atoms with van der Waals surface area (Å²) >= 11 is 0. The monoisotopic (exact) mass is 393 g/mol. The first-order valence-corrected chi connectivity index (χ1v) is 12.5. The topological polar surface area (TPSA) is 39.7 Å². The molecule has 0 aliphatic carbocycles. The highest BCUT2D eigenvalue weighted by Crippen LogP contribution is 2.43. The van der Waals surface area contributed by atoms with Crippen LogP contribution in [0.2, 0.25) is 16.6 Å². The smallest absolute Gasteiger partial charge is 0.200 e. The van der Waals surface area contributed by atoms with Gasteiger partial charge in [-0.2, -0.15) is 0 Å². The van der Waals surface area contributed by atoms with Gasteiger partial charge < -0.3 is 19.2 Å².